The van der Waals surface area contributed by atoms with E-state index in [0.717, 1.165) is 18.5 Å². The van der Waals surface area contributed by atoms with Crippen LogP contribution in [0, 0.1) is 0 Å². The number of imide groups is 1. The lowest BCUT2D eigenvalue weighted by Crippen LogP contribution is -2.35. The second-order valence-electron chi connectivity index (χ2n) is 7.43. The predicted molar refractivity (Wildman–Crippen MR) is 122 cm³/mol. The van der Waals surface area contributed by atoms with Crippen molar-refractivity contribution in [3.05, 3.63) is 65.9 Å². The van der Waals surface area contributed by atoms with Gasteiger partial charge in [-0.3, -0.25) is 14.5 Å². The third-order valence-electron chi connectivity index (χ3n) is 5.31. The van der Waals surface area contributed by atoms with Crippen molar-refractivity contribution < 1.29 is 19.1 Å². The highest BCUT2D eigenvalue weighted by atomic mass is 16.5. The Balaban J connectivity index is 1.87. The zero-order valence-corrected chi connectivity index (χ0v) is 18.5. The molecule has 0 aromatic heterocycles. The van der Waals surface area contributed by atoms with Crippen molar-refractivity contribution in [3.8, 4) is 5.75 Å². The van der Waals surface area contributed by atoms with Gasteiger partial charge in [0.1, 0.15) is 11.4 Å². The van der Waals surface area contributed by atoms with E-state index in [1.54, 1.807) is 24.1 Å². The van der Waals surface area contributed by atoms with E-state index in [2.05, 4.69) is 6.92 Å². The molecule has 164 valence electrons. The van der Waals surface area contributed by atoms with Crippen molar-refractivity contribution in [1.82, 2.24) is 4.90 Å². The summed E-state index contributed by atoms with van der Waals surface area (Å²) in [5.74, 6) is 0.136. The number of carbonyl (C=O) groups excluding carboxylic acids is 2. The summed E-state index contributed by atoms with van der Waals surface area (Å²) in [7, 11) is 3.41. The minimum atomic E-state index is -0.282. The van der Waals surface area contributed by atoms with Gasteiger partial charge in [0.2, 0.25) is 0 Å². The molecule has 0 saturated heterocycles. The Labute approximate surface area is 184 Å². The molecule has 2 aromatic rings. The largest absolute Gasteiger partial charge is 0.497 e. The van der Waals surface area contributed by atoms with E-state index in [1.807, 2.05) is 49.5 Å². The third kappa shape index (κ3) is 5.14. The minimum Gasteiger partial charge on any atom is -0.497 e. The molecule has 6 nitrogen and oxygen atoms in total. The summed E-state index contributed by atoms with van der Waals surface area (Å²) in [6.07, 6.45) is 2.70. The van der Waals surface area contributed by atoms with Crippen LogP contribution >= 0.6 is 0 Å². The zero-order chi connectivity index (χ0) is 22.2. The highest BCUT2D eigenvalue weighted by Crippen LogP contribution is 2.34. The van der Waals surface area contributed by atoms with Gasteiger partial charge < -0.3 is 14.4 Å². The molecule has 0 spiro atoms. The fraction of sp³-hybridized carbons (Fsp3) is 0.360. The van der Waals surface area contributed by atoms with Gasteiger partial charge in [-0.2, -0.15) is 0 Å². The second-order valence-corrected chi connectivity index (χ2v) is 7.43. The number of ether oxygens (including phenoxy) is 2. The van der Waals surface area contributed by atoms with Crippen LogP contribution in [0.15, 0.2) is 60.3 Å². The quantitative estimate of drug-likeness (QED) is 0.403. The van der Waals surface area contributed by atoms with Crippen molar-refractivity contribution in [2.45, 2.75) is 26.2 Å². The average Bonchev–Trinajstić information content (AvgIpc) is 3.06. The first-order valence-corrected chi connectivity index (χ1v) is 10.7. The van der Waals surface area contributed by atoms with Crippen molar-refractivity contribution >= 4 is 23.1 Å². The van der Waals surface area contributed by atoms with E-state index in [0.29, 0.717) is 48.8 Å². The Morgan fingerprint density at radius 3 is 2.23 bits per heavy atom. The Morgan fingerprint density at radius 1 is 0.903 bits per heavy atom. The molecule has 1 aliphatic rings. The maximum Gasteiger partial charge on any atom is 0.278 e. The lowest BCUT2D eigenvalue weighted by Gasteiger charge is -2.21. The molecule has 0 fully saturated rings. The number of para-hydroxylation sites is 1. The van der Waals surface area contributed by atoms with E-state index in [9.17, 15) is 9.59 Å². The summed E-state index contributed by atoms with van der Waals surface area (Å²) in [6.45, 7) is 3.67. The molecule has 2 amide bonds. The van der Waals surface area contributed by atoms with Crippen molar-refractivity contribution in [1.29, 1.82) is 0 Å². The van der Waals surface area contributed by atoms with Crippen LogP contribution in [0.1, 0.15) is 31.7 Å². The van der Waals surface area contributed by atoms with Gasteiger partial charge in [0.05, 0.1) is 12.7 Å². The Hall–Kier alpha value is -3.12. The van der Waals surface area contributed by atoms with Gasteiger partial charge in [0.15, 0.2) is 0 Å². The third-order valence-corrected chi connectivity index (χ3v) is 5.31. The van der Waals surface area contributed by atoms with E-state index in [4.69, 9.17) is 9.47 Å². The molecule has 0 saturated carbocycles. The number of unbranched alkanes of at least 4 members (excludes halogenated alkanes) is 1. The molecule has 1 heterocycles. The number of benzene rings is 2. The molecule has 6 heteroatoms. The topological polar surface area (TPSA) is 59.1 Å². The van der Waals surface area contributed by atoms with Crippen LogP contribution in [0.3, 0.4) is 0 Å². The van der Waals surface area contributed by atoms with Crippen LogP contribution in [0.25, 0.3) is 5.57 Å². The maximum absolute atomic E-state index is 13.3. The molecule has 31 heavy (non-hydrogen) atoms. The van der Waals surface area contributed by atoms with Gasteiger partial charge in [-0.25, -0.2) is 0 Å². The monoisotopic (exact) mass is 422 g/mol. The van der Waals surface area contributed by atoms with Gasteiger partial charge in [-0.1, -0.05) is 43.7 Å². The number of methoxy groups -OCH3 is 1. The Morgan fingerprint density at radius 2 is 1.58 bits per heavy atom. The van der Waals surface area contributed by atoms with Crippen molar-refractivity contribution in [2.75, 3.05) is 38.8 Å². The molecule has 0 N–H and O–H groups in total. The second kappa shape index (κ2) is 10.8. The van der Waals surface area contributed by atoms with Crippen LogP contribution in [-0.2, 0) is 14.3 Å². The van der Waals surface area contributed by atoms with Crippen molar-refractivity contribution in [3.63, 3.8) is 0 Å². The smallest absolute Gasteiger partial charge is 0.278 e. The summed E-state index contributed by atoms with van der Waals surface area (Å²) in [5.41, 5.74) is 2.33. The molecule has 2 aromatic carbocycles. The summed E-state index contributed by atoms with van der Waals surface area (Å²) in [5, 5.41) is 0. The van der Waals surface area contributed by atoms with Crippen molar-refractivity contribution in [2.24, 2.45) is 0 Å². The number of nitrogens with zero attached hydrogens (tertiary/aromatic N) is 2. The summed E-state index contributed by atoms with van der Waals surface area (Å²) in [4.78, 5) is 29.8. The first-order valence-electron chi connectivity index (χ1n) is 10.7. The highest BCUT2D eigenvalue weighted by molar-refractivity contribution is 6.36. The number of hydrogen-bond acceptors (Lipinski definition) is 5. The molecule has 0 radical (unpaired) electrons. The number of amides is 2. The number of carbonyl (C=O) groups is 2. The van der Waals surface area contributed by atoms with Crippen LogP contribution in [0.2, 0.25) is 0 Å². The summed E-state index contributed by atoms with van der Waals surface area (Å²) < 4.78 is 10.8. The highest BCUT2D eigenvalue weighted by Gasteiger charge is 2.40. The first-order chi connectivity index (χ1) is 15.1. The SMILES string of the molecule is CCCCOCCCN1C(=O)C(c2ccc(OC)cc2)=C(N(C)c2ccccc2)C1=O. The number of anilines is 1. The van der Waals surface area contributed by atoms with Crippen LogP contribution in [0.4, 0.5) is 5.69 Å². The first kappa shape index (κ1) is 22.6. The molecule has 0 atom stereocenters. The normalized spacial score (nSPS) is 13.8. The Bertz CT molecular complexity index is 922. The molecule has 3 rings (SSSR count). The maximum atomic E-state index is 13.3. The van der Waals surface area contributed by atoms with E-state index >= 15 is 0 Å². The fourth-order valence-corrected chi connectivity index (χ4v) is 3.55. The standard InChI is InChI=1S/C25H30N2O4/c1-4-5-17-31-18-9-16-27-24(28)22(19-12-14-21(30-3)15-13-19)23(25(27)29)26(2)20-10-7-6-8-11-20/h6-8,10-15H,4-5,9,16-18H2,1-3H3. The molecule has 0 unspecified atom stereocenters. The Kier molecular flexibility index (Phi) is 7.84. The number of rotatable bonds is 11. The lowest BCUT2D eigenvalue weighted by molar-refractivity contribution is -0.137. The summed E-state index contributed by atoms with van der Waals surface area (Å²) in [6, 6.07) is 16.8. The average molecular weight is 423 g/mol. The molecule has 1 aliphatic heterocycles. The van der Waals surface area contributed by atoms with Crippen LogP contribution in [-0.4, -0.2) is 50.6 Å². The van der Waals surface area contributed by atoms with Crippen LogP contribution in [0.5, 0.6) is 5.75 Å². The molecule has 0 aliphatic carbocycles. The molecular formula is C25H30N2O4. The van der Waals surface area contributed by atoms with E-state index in [1.165, 1.54) is 4.90 Å². The van der Waals surface area contributed by atoms with Gasteiger partial charge >= 0.3 is 0 Å². The minimum absolute atomic E-state index is 0.276. The van der Waals surface area contributed by atoms with Gasteiger partial charge in [-0.15, -0.1) is 0 Å². The summed E-state index contributed by atoms with van der Waals surface area (Å²) >= 11 is 0. The number of hydrogen-bond donors (Lipinski definition) is 0. The zero-order valence-electron chi connectivity index (χ0n) is 18.5. The fourth-order valence-electron chi connectivity index (χ4n) is 3.55. The van der Waals surface area contributed by atoms with E-state index in [-0.39, 0.29) is 11.8 Å². The molecule has 0 bridgehead atoms. The van der Waals surface area contributed by atoms with Crippen LogP contribution < -0.4 is 9.64 Å². The van der Waals surface area contributed by atoms with E-state index < -0.39 is 0 Å². The lowest BCUT2D eigenvalue weighted by atomic mass is 10.0. The van der Waals surface area contributed by atoms with Gasteiger partial charge in [0, 0.05) is 32.5 Å². The number of likely N-dealkylation sites (N-methyl/N-ethyl adjacent to an activating group) is 1. The predicted octanol–water partition coefficient (Wildman–Crippen LogP) is 4.12. The molecular weight excluding hydrogens is 392 g/mol. The van der Waals surface area contributed by atoms with Gasteiger partial charge in [0.25, 0.3) is 11.8 Å². The van der Waals surface area contributed by atoms with Gasteiger partial charge in [-0.05, 0) is 42.7 Å².